The molecular weight excluding hydrogens is 240 g/mol. The second-order valence-electron chi connectivity index (χ2n) is 2.98. The van der Waals surface area contributed by atoms with Gasteiger partial charge in [-0.25, -0.2) is 4.79 Å². The Bertz CT molecular complexity index is 608. The molecule has 0 unspecified atom stereocenters. The Kier molecular flexibility index (Phi) is 4.26. The number of nitrogens with zero attached hydrogens (tertiary/aromatic N) is 4. The molecule has 1 aromatic carbocycles. The van der Waals surface area contributed by atoms with E-state index in [-0.39, 0.29) is 23.4 Å². The number of hydrogen-bond donors (Lipinski definition) is 1. The smallest absolute Gasteiger partial charge is 0.336 e. The number of azide groups is 1. The van der Waals surface area contributed by atoms with Crippen LogP contribution in [0.25, 0.3) is 10.4 Å². The minimum atomic E-state index is -1.24. The van der Waals surface area contributed by atoms with Crippen LogP contribution in [-0.2, 0) is 0 Å². The highest BCUT2D eigenvalue weighted by Gasteiger charge is 2.13. The van der Waals surface area contributed by atoms with Gasteiger partial charge in [0.05, 0.1) is 17.0 Å². The zero-order chi connectivity index (χ0) is 13.5. The number of hydrogen-bond acceptors (Lipinski definition) is 4. The van der Waals surface area contributed by atoms with Crippen molar-refractivity contribution >= 4 is 11.7 Å². The maximum atomic E-state index is 10.9. The molecule has 0 aliphatic carbocycles. The summed E-state index contributed by atoms with van der Waals surface area (Å²) >= 11 is 0. The van der Waals surface area contributed by atoms with Crippen molar-refractivity contribution in [2.75, 3.05) is 6.54 Å². The van der Waals surface area contributed by atoms with E-state index in [1.807, 2.05) is 0 Å². The van der Waals surface area contributed by atoms with Crippen LogP contribution in [-0.4, -0.2) is 22.5 Å². The number of benzene rings is 1. The molecule has 0 saturated heterocycles. The zero-order valence-corrected chi connectivity index (χ0v) is 8.90. The lowest BCUT2D eigenvalue weighted by molar-refractivity contribution is -0.384. The van der Waals surface area contributed by atoms with Crippen LogP contribution in [0.1, 0.15) is 15.9 Å². The Morgan fingerprint density at radius 3 is 2.89 bits per heavy atom. The van der Waals surface area contributed by atoms with Gasteiger partial charge in [0, 0.05) is 22.6 Å². The van der Waals surface area contributed by atoms with Crippen LogP contribution in [0.2, 0.25) is 0 Å². The van der Waals surface area contributed by atoms with Crippen molar-refractivity contribution in [1.82, 2.24) is 0 Å². The average molecular weight is 246 g/mol. The fourth-order valence-electron chi connectivity index (χ4n) is 1.14. The molecule has 0 heterocycles. The molecule has 8 heteroatoms. The molecule has 0 amide bonds. The fraction of sp³-hybridized carbons (Fsp3) is 0.100. The standard InChI is InChI=1S/C10H6N4O4/c11-13-12-5-1-2-7-6-8(14(17)18)3-4-9(7)10(15)16/h3-4,6H,5H2,(H,15,16). The van der Waals surface area contributed by atoms with Gasteiger partial charge in [-0.2, -0.15) is 0 Å². The maximum absolute atomic E-state index is 10.9. The number of carbonyl (C=O) groups is 1. The van der Waals surface area contributed by atoms with Crippen molar-refractivity contribution in [3.63, 3.8) is 0 Å². The monoisotopic (exact) mass is 246 g/mol. The van der Waals surface area contributed by atoms with E-state index in [2.05, 4.69) is 21.9 Å². The van der Waals surface area contributed by atoms with Crippen LogP contribution in [0.15, 0.2) is 23.3 Å². The van der Waals surface area contributed by atoms with Crippen LogP contribution in [0.3, 0.4) is 0 Å². The first-order chi connectivity index (χ1) is 8.56. The van der Waals surface area contributed by atoms with Gasteiger partial charge in [-0.3, -0.25) is 10.1 Å². The third-order valence-corrected chi connectivity index (χ3v) is 1.88. The lowest BCUT2D eigenvalue weighted by atomic mass is 10.1. The number of carboxylic acid groups (broad SMARTS) is 1. The lowest BCUT2D eigenvalue weighted by Gasteiger charge is -1.98. The van der Waals surface area contributed by atoms with Gasteiger partial charge in [0.15, 0.2) is 0 Å². The second kappa shape index (κ2) is 5.89. The van der Waals surface area contributed by atoms with Crippen molar-refractivity contribution in [2.24, 2.45) is 5.11 Å². The molecule has 18 heavy (non-hydrogen) atoms. The SMILES string of the molecule is [N-]=[N+]=NCC#Cc1cc([N+](=O)[O-])ccc1C(=O)O. The van der Waals surface area contributed by atoms with Crippen molar-refractivity contribution in [2.45, 2.75) is 0 Å². The highest BCUT2D eigenvalue weighted by atomic mass is 16.6. The normalized spacial score (nSPS) is 8.67. The van der Waals surface area contributed by atoms with E-state index >= 15 is 0 Å². The van der Waals surface area contributed by atoms with Crippen molar-refractivity contribution in [3.05, 3.63) is 49.9 Å². The molecule has 0 atom stereocenters. The van der Waals surface area contributed by atoms with Gasteiger partial charge < -0.3 is 5.11 Å². The van der Waals surface area contributed by atoms with Gasteiger partial charge >= 0.3 is 5.97 Å². The summed E-state index contributed by atoms with van der Waals surface area (Å²) in [6.45, 7) is -0.141. The molecule has 1 aromatic rings. The minimum absolute atomic E-state index is 0.00448. The predicted octanol–water partition coefficient (Wildman–Crippen LogP) is 1.95. The van der Waals surface area contributed by atoms with Gasteiger partial charge in [0.1, 0.15) is 0 Å². The lowest BCUT2D eigenvalue weighted by Crippen LogP contribution is -2.01. The molecule has 0 saturated carbocycles. The number of non-ortho nitro benzene ring substituents is 1. The summed E-state index contributed by atoms with van der Waals surface area (Å²) in [4.78, 5) is 23.2. The van der Waals surface area contributed by atoms with E-state index in [1.165, 1.54) is 0 Å². The second-order valence-corrected chi connectivity index (χ2v) is 2.98. The van der Waals surface area contributed by atoms with Gasteiger partial charge in [-0.1, -0.05) is 17.0 Å². The third kappa shape index (κ3) is 3.23. The summed E-state index contributed by atoms with van der Waals surface area (Å²) in [5, 5.41) is 22.6. The van der Waals surface area contributed by atoms with Crippen molar-refractivity contribution in [3.8, 4) is 11.8 Å². The number of carboxylic acids is 1. The van der Waals surface area contributed by atoms with Crippen LogP contribution in [0.5, 0.6) is 0 Å². The van der Waals surface area contributed by atoms with Gasteiger partial charge in [-0.15, -0.1) is 0 Å². The average Bonchev–Trinajstić information content (AvgIpc) is 2.34. The van der Waals surface area contributed by atoms with Crippen LogP contribution >= 0.6 is 0 Å². The Balaban J connectivity index is 3.21. The number of nitro benzene ring substituents is 1. The Hall–Kier alpha value is -3.04. The fourth-order valence-corrected chi connectivity index (χ4v) is 1.14. The molecule has 0 aliphatic heterocycles. The van der Waals surface area contributed by atoms with Gasteiger partial charge in [0.25, 0.3) is 5.69 Å². The molecule has 0 radical (unpaired) electrons. The largest absolute Gasteiger partial charge is 0.478 e. The summed E-state index contributed by atoms with van der Waals surface area (Å²) < 4.78 is 0. The summed E-state index contributed by atoms with van der Waals surface area (Å²) in [5.41, 5.74) is 7.63. The van der Waals surface area contributed by atoms with E-state index in [4.69, 9.17) is 10.6 Å². The van der Waals surface area contributed by atoms with E-state index in [0.717, 1.165) is 18.2 Å². The molecule has 0 fully saturated rings. The molecule has 1 N–H and O–H groups in total. The van der Waals surface area contributed by atoms with E-state index in [9.17, 15) is 14.9 Å². The summed E-state index contributed by atoms with van der Waals surface area (Å²) in [6, 6.07) is 3.26. The molecule has 0 aliphatic rings. The van der Waals surface area contributed by atoms with Crippen LogP contribution in [0, 0.1) is 22.0 Å². The van der Waals surface area contributed by atoms with E-state index in [0.29, 0.717) is 0 Å². The molecular formula is C10H6N4O4. The minimum Gasteiger partial charge on any atom is -0.478 e. The van der Waals surface area contributed by atoms with Crippen LogP contribution in [0.4, 0.5) is 5.69 Å². The number of nitro groups is 1. The molecule has 90 valence electrons. The van der Waals surface area contributed by atoms with Gasteiger partial charge in [-0.05, 0) is 11.6 Å². The van der Waals surface area contributed by atoms with E-state index < -0.39 is 10.9 Å². The molecule has 8 nitrogen and oxygen atoms in total. The first kappa shape index (κ1) is 13.0. The highest BCUT2D eigenvalue weighted by molar-refractivity contribution is 5.91. The van der Waals surface area contributed by atoms with Gasteiger partial charge in [0.2, 0.25) is 0 Å². The number of rotatable bonds is 3. The third-order valence-electron chi connectivity index (χ3n) is 1.88. The van der Waals surface area contributed by atoms with Crippen molar-refractivity contribution < 1.29 is 14.8 Å². The molecule has 1 rings (SSSR count). The summed E-state index contributed by atoms with van der Waals surface area (Å²) in [6.07, 6.45) is 0. The Morgan fingerprint density at radius 1 is 1.61 bits per heavy atom. The Labute approximate surface area is 101 Å². The quantitative estimate of drug-likeness (QED) is 0.218. The molecule has 0 spiro atoms. The highest BCUT2D eigenvalue weighted by Crippen LogP contribution is 2.17. The predicted molar refractivity (Wildman–Crippen MR) is 60.9 cm³/mol. The first-order valence-electron chi connectivity index (χ1n) is 4.57. The van der Waals surface area contributed by atoms with Crippen molar-refractivity contribution in [1.29, 1.82) is 0 Å². The molecule has 0 aromatic heterocycles. The molecule has 0 bridgehead atoms. The first-order valence-corrected chi connectivity index (χ1v) is 4.57. The summed E-state index contributed by atoms with van der Waals surface area (Å²) in [7, 11) is 0. The number of aromatic carboxylic acids is 1. The van der Waals surface area contributed by atoms with Crippen LogP contribution < -0.4 is 0 Å². The summed E-state index contributed by atoms with van der Waals surface area (Å²) in [5.74, 6) is 3.59. The maximum Gasteiger partial charge on any atom is 0.336 e. The van der Waals surface area contributed by atoms with E-state index in [1.54, 1.807) is 0 Å². The Morgan fingerprint density at radius 2 is 2.33 bits per heavy atom. The zero-order valence-electron chi connectivity index (χ0n) is 8.90. The topological polar surface area (TPSA) is 129 Å².